The minimum atomic E-state index is -1.16. The van der Waals surface area contributed by atoms with Crippen molar-refractivity contribution in [2.75, 3.05) is 11.4 Å². The molecule has 0 spiro atoms. The molecule has 0 saturated carbocycles. The summed E-state index contributed by atoms with van der Waals surface area (Å²) in [5.41, 5.74) is 0. The minimum absolute atomic E-state index is 0.107. The van der Waals surface area contributed by atoms with Crippen molar-refractivity contribution in [3.8, 4) is 0 Å². The van der Waals surface area contributed by atoms with E-state index in [2.05, 4.69) is 11.9 Å². The maximum absolute atomic E-state index is 12.3. The highest BCUT2D eigenvalue weighted by Gasteiger charge is 2.32. The van der Waals surface area contributed by atoms with Crippen LogP contribution in [0.3, 0.4) is 0 Å². The zero-order valence-electron chi connectivity index (χ0n) is 12.6. The number of hydrogen-bond donors (Lipinski definition) is 2. The van der Waals surface area contributed by atoms with Gasteiger partial charge in [-0.2, -0.15) is 0 Å². The van der Waals surface area contributed by atoms with Crippen LogP contribution in [0, 0.1) is 5.92 Å². The third-order valence-corrected chi connectivity index (χ3v) is 2.88. The van der Waals surface area contributed by atoms with Crippen LogP contribution in [-0.4, -0.2) is 35.5 Å². The van der Waals surface area contributed by atoms with Gasteiger partial charge in [0.05, 0.1) is 6.26 Å². The summed E-state index contributed by atoms with van der Waals surface area (Å²) in [6.45, 7) is 6.71. The molecule has 0 bridgehead atoms. The molecule has 7 nitrogen and oxygen atoms in total. The Morgan fingerprint density at radius 2 is 2.14 bits per heavy atom. The van der Waals surface area contributed by atoms with Gasteiger partial charge in [0.1, 0.15) is 12.6 Å². The van der Waals surface area contributed by atoms with Crippen LogP contribution >= 0.6 is 0 Å². The summed E-state index contributed by atoms with van der Waals surface area (Å²) in [6, 6.07) is 2.27. The number of nitrogens with one attached hydrogen (secondary N) is 1. The first kappa shape index (κ1) is 17.5. The minimum Gasteiger partial charge on any atom is -0.480 e. The van der Waals surface area contributed by atoms with Gasteiger partial charge in [-0.05, 0) is 24.5 Å². The zero-order chi connectivity index (χ0) is 16.7. The van der Waals surface area contributed by atoms with Crippen LogP contribution < -0.4 is 10.2 Å². The van der Waals surface area contributed by atoms with Crippen molar-refractivity contribution in [3.05, 3.63) is 31.1 Å². The Bertz CT molecular complexity index is 536. The summed E-state index contributed by atoms with van der Waals surface area (Å²) in [5.74, 6) is -1.89. The van der Waals surface area contributed by atoms with Crippen LogP contribution in [0.15, 0.2) is 35.5 Å². The van der Waals surface area contributed by atoms with E-state index in [1.165, 1.54) is 11.2 Å². The maximum atomic E-state index is 12.3. The third-order valence-electron chi connectivity index (χ3n) is 2.88. The normalized spacial score (nSPS) is 11.8. The maximum Gasteiger partial charge on any atom is 0.322 e. The summed E-state index contributed by atoms with van der Waals surface area (Å²) in [5, 5.41) is 11.0. The van der Waals surface area contributed by atoms with E-state index in [0.717, 1.165) is 6.08 Å². The highest BCUT2D eigenvalue weighted by molar-refractivity contribution is 6.05. The van der Waals surface area contributed by atoms with Crippen molar-refractivity contribution in [1.29, 1.82) is 0 Å². The van der Waals surface area contributed by atoms with Crippen molar-refractivity contribution < 1.29 is 23.9 Å². The highest BCUT2D eigenvalue weighted by Crippen LogP contribution is 2.22. The predicted octanol–water partition coefficient (Wildman–Crippen LogP) is 1.41. The lowest BCUT2D eigenvalue weighted by Gasteiger charge is -2.29. The molecule has 2 amide bonds. The van der Waals surface area contributed by atoms with Gasteiger partial charge in [-0.15, -0.1) is 0 Å². The van der Waals surface area contributed by atoms with E-state index < -0.39 is 30.4 Å². The fourth-order valence-electron chi connectivity index (χ4n) is 1.98. The second-order valence-electron chi connectivity index (χ2n) is 5.12. The molecule has 120 valence electrons. The fourth-order valence-corrected chi connectivity index (χ4v) is 1.98. The zero-order valence-corrected chi connectivity index (χ0v) is 12.6. The van der Waals surface area contributed by atoms with Gasteiger partial charge in [0.15, 0.2) is 0 Å². The second-order valence-corrected chi connectivity index (χ2v) is 5.12. The van der Waals surface area contributed by atoms with E-state index >= 15 is 0 Å². The van der Waals surface area contributed by atoms with Crippen LogP contribution in [0.4, 0.5) is 5.88 Å². The lowest BCUT2D eigenvalue weighted by Crippen LogP contribution is -2.51. The van der Waals surface area contributed by atoms with E-state index in [-0.39, 0.29) is 11.8 Å². The number of carboxylic acid groups (broad SMARTS) is 1. The summed E-state index contributed by atoms with van der Waals surface area (Å²) in [6.07, 6.45) is 2.83. The van der Waals surface area contributed by atoms with E-state index in [1.807, 2.05) is 13.8 Å². The van der Waals surface area contributed by atoms with Gasteiger partial charge in [-0.25, -0.2) is 0 Å². The molecule has 22 heavy (non-hydrogen) atoms. The van der Waals surface area contributed by atoms with Gasteiger partial charge in [-0.1, -0.05) is 20.4 Å². The number of hydrogen-bond acceptors (Lipinski definition) is 4. The number of carboxylic acids is 1. The Kier molecular flexibility index (Phi) is 6.37. The molecule has 1 rings (SSSR count). The molecule has 7 heteroatoms. The topological polar surface area (TPSA) is 99.9 Å². The van der Waals surface area contributed by atoms with Crippen LogP contribution in [0.5, 0.6) is 0 Å². The molecule has 2 N–H and O–H groups in total. The number of amides is 2. The molecular weight excluding hydrogens is 288 g/mol. The Hall–Kier alpha value is -2.57. The number of nitrogens with zero attached hydrogens (tertiary/aromatic N) is 1. The molecule has 0 radical (unpaired) electrons. The lowest BCUT2D eigenvalue weighted by atomic mass is 10.0. The number of carbonyl (C=O) groups is 3. The highest BCUT2D eigenvalue weighted by atomic mass is 16.4. The third kappa shape index (κ3) is 4.76. The SMILES string of the molecule is C=CC(=O)N(c1ccco1)[C@@H](CC(C)C)C(=O)NCC(=O)O. The van der Waals surface area contributed by atoms with E-state index in [4.69, 9.17) is 9.52 Å². The van der Waals surface area contributed by atoms with Crippen molar-refractivity contribution in [2.45, 2.75) is 26.3 Å². The van der Waals surface area contributed by atoms with E-state index in [1.54, 1.807) is 12.1 Å². The van der Waals surface area contributed by atoms with Gasteiger partial charge in [0.25, 0.3) is 5.91 Å². The van der Waals surface area contributed by atoms with Gasteiger partial charge in [0.2, 0.25) is 11.8 Å². The largest absolute Gasteiger partial charge is 0.480 e. The molecule has 1 atom stereocenters. The second kappa shape index (κ2) is 8.02. The molecule has 0 saturated heterocycles. The molecule has 0 aliphatic carbocycles. The van der Waals surface area contributed by atoms with Crippen LogP contribution in [0.25, 0.3) is 0 Å². The summed E-state index contributed by atoms with van der Waals surface area (Å²) >= 11 is 0. The van der Waals surface area contributed by atoms with Gasteiger partial charge in [-0.3, -0.25) is 19.3 Å². The number of anilines is 1. The van der Waals surface area contributed by atoms with Crippen molar-refractivity contribution in [3.63, 3.8) is 0 Å². The van der Waals surface area contributed by atoms with Crippen LogP contribution in [-0.2, 0) is 14.4 Å². The monoisotopic (exact) mass is 308 g/mol. The molecule has 0 aliphatic rings. The fraction of sp³-hybridized carbons (Fsp3) is 0.400. The molecule has 1 aromatic rings. The van der Waals surface area contributed by atoms with Gasteiger partial charge in [0, 0.05) is 6.07 Å². The van der Waals surface area contributed by atoms with Crippen LogP contribution in [0.1, 0.15) is 20.3 Å². The summed E-state index contributed by atoms with van der Waals surface area (Å²) < 4.78 is 5.22. The molecule has 0 fully saturated rings. The predicted molar refractivity (Wildman–Crippen MR) is 80.3 cm³/mol. The molecule has 0 aromatic carbocycles. The van der Waals surface area contributed by atoms with Crippen molar-refractivity contribution in [2.24, 2.45) is 5.92 Å². The number of carbonyl (C=O) groups excluding carboxylic acids is 2. The molecule has 1 heterocycles. The molecule has 1 aromatic heterocycles. The quantitative estimate of drug-likeness (QED) is 0.707. The average Bonchev–Trinajstić information content (AvgIpc) is 2.97. The Balaban J connectivity index is 3.08. The first-order chi connectivity index (χ1) is 10.4. The molecule has 0 aliphatic heterocycles. The van der Waals surface area contributed by atoms with Gasteiger partial charge >= 0.3 is 5.97 Å². The smallest absolute Gasteiger partial charge is 0.322 e. The first-order valence-electron chi connectivity index (χ1n) is 6.85. The van der Waals surface area contributed by atoms with E-state index in [9.17, 15) is 14.4 Å². The Labute approximate surface area is 128 Å². The van der Waals surface area contributed by atoms with Crippen molar-refractivity contribution >= 4 is 23.7 Å². The summed E-state index contributed by atoms with van der Waals surface area (Å²) in [7, 11) is 0. The first-order valence-corrected chi connectivity index (χ1v) is 6.85. The van der Waals surface area contributed by atoms with Crippen molar-refractivity contribution in [1.82, 2.24) is 5.32 Å². The van der Waals surface area contributed by atoms with Gasteiger partial charge < -0.3 is 14.8 Å². The standard InChI is InChI=1S/C15H20N2O5/c1-4-12(18)17(13-6-5-7-22-13)11(8-10(2)3)15(21)16-9-14(19)20/h4-7,10-11H,1,8-9H2,2-3H3,(H,16,21)(H,19,20)/t11-/m0/s1. The van der Waals surface area contributed by atoms with Crippen LogP contribution in [0.2, 0.25) is 0 Å². The molecule has 0 unspecified atom stereocenters. The number of aliphatic carboxylic acids is 1. The number of furan rings is 1. The number of rotatable bonds is 8. The Morgan fingerprint density at radius 3 is 2.59 bits per heavy atom. The average molecular weight is 308 g/mol. The summed E-state index contributed by atoms with van der Waals surface area (Å²) in [4.78, 5) is 36.2. The van der Waals surface area contributed by atoms with E-state index in [0.29, 0.717) is 6.42 Å². The molecular formula is C15H20N2O5. The Morgan fingerprint density at radius 1 is 1.45 bits per heavy atom. The lowest BCUT2D eigenvalue weighted by molar-refractivity contribution is -0.138.